The zero-order chi connectivity index (χ0) is 10.6. The lowest BCUT2D eigenvalue weighted by molar-refractivity contribution is 0.0597. The van der Waals surface area contributed by atoms with Crippen LogP contribution in [0.25, 0.3) is 0 Å². The molecule has 1 aromatic carbocycles. The Morgan fingerprint density at radius 3 is 2.86 bits per heavy atom. The third kappa shape index (κ3) is 1.90. The van der Waals surface area contributed by atoms with E-state index in [9.17, 15) is 4.79 Å². The first kappa shape index (κ1) is 10.2. The van der Waals surface area contributed by atoms with Gasteiger partial charge in [0.25, 0.3) is 0 Å². The molecule has 0 atom stereocenters. The third-order valence-electron chi connectivity index (χ3n) is 1.81. The predicted molar refractivity (Wildman–Crippen MR) is 48.4 cm³/mol. The highest BCUT2D eigenvalue weighted by molar-refractivity contribution is 5.91. The number of methoxy groups -OCH3 is 1. The minimum absolute atomic E-state index is 0.286. The van der Waals surface area contributed by atoms with Crippen LogP contribution in [-0.2, 0) is 11.3 Å². The average molecular weight is 191 g/mol. The van der Waals surface area contributed by atoms with Crippen molar-refractivity contribution in [3.8, 4) is 6.07 Å². The molecule has 1 rings (SSSR count). The molecule has 0 aliphatic carbocycles. The average Bonchev–Trinajstić information content (AvgIpc) is 2.27. The Kier molecular flexibility index (Phi) is 3.21. The zero-order valence-electron chi connectivity index (χ0n) is 7.65. The zero-order valence-corrected chi connectivity index (χ0v) is 7.65. The maximum Gasteiger partial charge on any atom is 0.338 e. The van der Waals surface area contributed by atoms with Crippen molar-refractivity contribution in [1.29, 1.82) is 5.26 Å². The number of benzene rings is 1. The van der Waals surface area contributed by atoms with Crippen molar-refractivity contribution in [2.24, 2.45) is 0 Å². The molecule has 0 bridgehead atoms. The molecule has 0 saturated heterocycles. The van der Waals surface area contributed by atoms with E-state index in [2.05, 4.69) is 4.74 Å². The maximum absolute atomic E-state index is 11.2. The molecule has 0 heterocycles. The molecule has 0 fully saturated rings. The molecule has 72 valence electrons. The Bertz CT molecular complexity index is 393. The predicted octanol–water partition coefficient (Wildman–Crippen LogP) is 0.837. The highest BCUT2D eigenvalue weighted by atomic mass is 16.5. The Balaban J connectivity index is 3.19. The molecular formula is C10H9NO3. The summed E-state index contributed by atoms with van der Waals surface area (Å²) in [5.41, 5.74) is 1.09. The molecule has 4 nitrogen and oxygen atoms in total. The van der Waals surface area contributed by atoms with Crippen LogP contribution in [0.4, 0.5) is 0 Å². The number of nitriles is 1. The summed E-state index contributed by atoms with van der Waals surface area (Å²) in [6.45, 7) is -0.292. The second kappa shape index (κ2) is 4.40. The largest absolute Gasteiger partial charge is 0.465 e. The van der Waals surface area contributed by atoms with Gasteiger partial charge in [0.2, 0.25) is 0 Å². The minimum Gasteiger partial charge on any atom is -0.465 e. The van der Waals surface area contributed by atoms with Gasteiger partial charge in [0, 0.05) is 0 Å². The summed E-state index contributed by atoms with van der Waals surface area (Å²) in [6, 6.07) is 6.36. The quantitative estimate of drug-likeness (QED) is 0.703. The van der Waals surface area contributed by atoms with Crippen molar-refractivity contribution in [1.82, 2.24) is 0 Å². The van der Waals surface area contributed by atoms with E-state index in [4.69, 9.17) is 10.4 Å². The number of nitrogens with zero attached hydrogens (tertiary/aromatic N) is 1. The van der Waals surface area contributed by atoms with Gasteiger partial charge in [0.05, 0.1) is 30.9 Å². The molecule has 0 aliphatic heterocycles. The second-order valence-electron chi connectivity index (χ2n) is 2.63. The Morgan fingerprint density at radius 1 is 1.64 bits per heavy atom. The normalized spacial score (nSPS) is 9.21. The molecular weight excluding hydrogens is 182 g/mol. The Hall–Kier alpha value is -1.86. The third-order valence-corrected chi connectivity index (χ3v) is 1.81. The van der Waals surface area contributed by atoms with Crippen molar-refractivity contribution in [3.63, 3.8) is 0 Å². The van der Waals surface area contributed by atoms with Crippen LogP contribution in [0.3, 0.4) is 0 Å². The first-order valence-corrected chi connectivity index (χ1v) is 3.95. The number of hydrogen-bond donors (Lipinski definition) is 1. The lowest BCUT2D eigenvalue weighted by atomic mass is 10.1. The number of esters is 1. The molecule has 0 amide bonds. The molecule has 0 unspecified atom stereocenters. The lowest BCUT2D eigenvalue weighted by Crippen LogP contribution is -2.05. The highest BCUT2D eigenvalue weighted by Gasteiger charge is 2.11. The van der Waals surface area contributed by atoms with Gasteiger partial charge >= 0.3 is 5.97 Å². The molecule has 0 aliphatic rings. The fourth-order valence-electron chi connectivity index (χ4n) is 1.10. The first-order chi connectivity index (χ1) is 6.72. The standard InChI is InChI=1S/C10H9NO3/c1-14-10(13)9-3-2-7(5-11)4-8(9)6-12/h2-4,12H,6H2,1H3. The maximum atomic E-state index is 11.2. The molecule has 0 radical (unpaired) electrons. The number of rotatable bonds is 2. The molecule has 1 N–H and O–H groups in total. The van der Waals surface area contributed by atoms with Gasteiger partial charge in [-0.2, -0.15) is 5.26 Å². The molecule has 0 aromatic heterocycles. The van der Waals surface area contributed by atoms with Crippen LogP contribution < -0.4 is 0 Å². The molecule has 0 saturated carbocycles. The van der Waals surface area contributed by atoms with E-state index in [1.807, 2.05) is 6.07 Å². The van der Waals surface area contributed by atoms with E-state index < -0.39 is 5.97 Å². The Morgan fingerprint density at radius 2 is 2.36 bits per heavy atom. The molecule has 14 heavy (non-hydrogen) atoms. The summed E-state index contributed by atoms with van der Waals surface area (Å²) in [5, 5.41) is 17.6. The smallest absolute Gasteiger partial charge is 0.338 e. The van der Waals surface area contributed by atoms with E-state index in [0.717, 1.165) is 0 Å². The topological polar surface area (TPSA) is 70.3 Å². The van der Waals surface area contributed by atoms with Gasteiger partial charge in [-0.25, -0.2) is 4.79 Å². The Labute approximate surface area is 81.4 Å². The molecule has 4 heteroatoms. The number of carbonyl (C=O) groups excluding carboxylic acids is 1. The summed E-state index contributed by atoms with van der Waals surface area (Å²) < 4.78 is 4.52. The van der Waals surface area contributed by atoms with Crippen LogP contribution in [0.1, 0.15) is 21.5 Å². The fourth-order valence-corrected chi connectivity index (χ4v) is 1.10. The highest BCUT2D eigenvalue weighted by Crippen LogP contribution is 2.12. The number of ether oxygens (including phenoxy) is 1. The van der Waals surface area contributed by atoms with Gasteiger partial charge in [-0.3, -0.25) is 0 Å². The summed E-state index contributed by atoms with van der Waals surface area (Å²) in [7, 11) is 1.27. The van der Waals surface area contributed by atoms with Crippen LogP contribution in [-0.4, -0.2) is 18.2 Å². The number of aliphatic hydroxyl groups is 1. The summed E-state index contributed by atoms with van der Waals surface area (Å²) in [5.74, 6) is -0.515. The van der Waals surface area contributed by atoms with Gasteiger partial charge in [-0.1, -0.05) is 0 Å². The van der Waals surface area contributed by atoms with Crippen molar-refractivity contribution in [3.05, 3.63) is 34.9 Å². The van der Waals surface area contributed by atoms with E-state index >= 15 is 0 Å². The van der Waals surface area contributed by atoms with Gasteiger partial charge in [0.1, 0.15) is 0 Å². The van der Waals surface area contributed by atoms with E-state index in [1.165, 1.54) is 25.3 Å². The summed E-state index contributed by atoms with van der Waals surface area (Å²) >= 11 is 0. The van der Waals surface area contributed by atoms with Crippen LogP contribution in [0.15, 0.2) is 18.2 Å². The lowest BCUT2D eigenvalue weighted by Gasteiger charge is -2.04. The van der Waals surface area contributed by atoms with Crippen LogP contribution in [0.5, 0.6) is 0 Å². The van der Waals surface area contributed by atoms with Gasteiger partial charge < -0.3 is 9.84 Å². The summed E-state index contributed by atoms with van der Waals surface area (Å²) in [6.07, 6.45) is 0. The van der Waals surface area contributed by atoms with Crippen molar-refractivity contribution in [2.75, 3.05) is 7.11 Å². The van der Waals surface area contributed by atoms with Gasteiger partial charge in [-0.15, -0.1) is 0 Å². The second-order valence-corrected chi connectivity index (χ2v) is 2.63. The first-order valence-electron chi connectivity index (χ1n) is 3.95. The van der Waals surface area contributed by atoms with E-state index in [1.54, 1.807) is 0 Å². The monoisotopic (exact) mass is 191 g/mol. The number of carbonyl (C=O) groups is 1. The molecule has 1 aromatic rings. The van der Waals surface area contributed by atoms with Gasteiger partial charge in [0.15, 0.2) is 0 Å². The molecule has 0 spiro atoms. The number of aliphatic hydroxyl groups excluding tert-OH is 1. The van der Waals surface area contributed by atoms with Crippen molar-refractivity contribution >= 4 is 5.97 Å². The van der Waals surface area contributed by atoms with E-state index in [0.29, 0.717) is 11.1 Å². The van der Waals surface area contributed by atoms with Crippen LogP contribution in [0.2, 0.25) is 0 Å². The van der Waals surface area contributed by atoms with Crippen LogP contribution in [0, 0.1) is 11.3 Å². The number of hydrogen-bond acceptors (Lipinski definition) is 4. The summed E-state index contributed by atoms with van der Waals surface area (Å²) in [4.78, 5) is 11.2. The fraction of sp³-hybridized carbons (Fsp3) is 0.200. The van der Waals surface area contributed by atoms with Crippen molar-refractivity contribution < 1.29 is 14.6 Å². The van der Waals surface area contributed by atoms with Gasteiger partial charge in [-0.05, 0) is 23.8 Å². The van der Waals surface area contributed by atoms with Crippen molar-refractivity contribution in [2.45, 2.75) is 6.61 Å². The van der Waals surface area contributed by atoms with E-state index in [-0.39, 0.29) is 12.2 Å². The van der Waals surface area contributed by atoms with Crippen LogP contribution >= 0.6 is 0 Å². The minimum atomic E-state index is -0.515. The SMILES string of the molecule is COC(=O)c1ccc(C#N)cc1CO.